The zero-order valence-corrected chi connectivity index (χ0v) is 10.7. The number of nitrogen functional groups attached to an aromatic ring is 1. The molecule has 1 aliphatic heterocycles. The highest BCUT2D eigenvalue weighted by Gasteiger charge is 2.26. The number of hydrogen-bond acceptors (Lipinski definition) is 4. The van der Waals surface area contributed by atoms with E-state index in [2.05, 4.69) is 9.88 Å². The van der Waals surface area contributed by atoms with Gasteiger partial charge in [-0.15, -0.1) is 0 Å². The molecule has 2 rings (SSSR count). The summed E-state index contributed by atoms with van der Waals surface area (Å²) in [6, 6.07) is 1.72. The molecule has 5 heteroatoms. The average Bonchev–Trinajstić information content (AvgIpc) is 2.40. The van der Waals surface area contributed by atoms with Crippen LogP contribution in [-0.4, -0.2) is 28.8 Å². The molecule has 17 heavy (non-hydrogen) atoms. The molecule has 1 fully saturated rings. The Morgan fingerprint density at radius 1 is 1.47 bits per heavy atom. The Kier molecular flexibility index (Phi) is 3.45. The fourth-order valence-electron chi connectivity index (χ4n) is 2.15. The minimum absolute atomic E-state index is 0.570. The van der Waals surface area contributed by atoms with Crippen LogP contribution in [0.3, 0.4) is 0 Å². The number of halogens is 1. The fourth-order valence-corrected chi connectivity index (χ4v) is 2.45. The summed E-state index contributed by atoms with van der Waals surface area (Å²) in [6.07, 6.45) is 4.10. The van der Waals surface area contributed by atoms with Gasteiger partial charge >= 0.3 is 0 Å². The van der Waals surface area contributed by atoms with Gasteiger partial charge in [0.25, 0.3) is 0 Å². The topological polar surface area (TPSA) is 62.4 Å². The van der Waals surface area contributed by atoms with Crippen molar-refractivity contribution in [3.63, 3.8) is 0 Å². The van der Waals surface area contributed by atoms with Gasteiger partial charge in [0.1, 0.15) is 5.82 Å². The molecular formula is C12H18ClN3O. The number of nitrogens with zero attached hydrogens (tertiary/aromatic N) is 2. The van der Waals surface area contributed by atoms with Crippen molar-refractivity contribution in [2.75, 3.05) is 23.7 Å². The lowest BCUT2D eigenvalue weighted by atomic mass is 9.98. The van der Waals surface area contributed by atoms with Crippen molar-refractivity contribution >= 4 is 23.1 Å². The van der Waals surface area contributed by atoms with Crippen LogP contribution in [0.4, 0.5) is 11.5 Å². The maximum atomic E-state index is 10.0. The number of rotatable bonds is 1. The second kappa shape index (κ2) is 4.70. The van der Waals surface area contributed by atoms with Crippen LogP contribution in [0.25, 0.3) is 0 Å². The van der Waals surface area contributed by atoms with Gasteiger partial charge in [0.2, 0.25) is 0 Å². The summed E-state index contributed by atoms with van der Waals surface area (Å²) in [7, 11) is 0. The zero-order valence-electron chi connectivity index (χ0n) is 9.99. The van der Waals surface area contributed by atoms with Gasteiger partial charge in [-0.05, 0) is 32.3 Å². The molecule has 2 heterocycles. The van der Waals surface area contributed by atoms with E-state index in [1.54, 1.807) is 12.3 Å². The van der Waals surface area contributed by atoms with Crippen molar-refractivity contribution in [3.8, 4) is 0 Å². The second-order valence-electron chi connectivity index (χ2n) is 4.91. The molecule has 0 aromatic carbocycles. The summed E-state index contributed by atoms with van der Waals surface area (Å²) in [6.45, 7) is 3.52. The number of aliphatic hydroxyl groups is 1. The summed E-state index contributed by atoms with van der Waals surface area (Å²) in [4.78, 5) is 6.39. The third-order valence-electron chi connectivity index (χ3n) is 3.21. The molecule has 4 nitrogen and oxygen atoms in total. The van der Waals surface area contributed by atoms with Crippen LogP contribution in [0.2, 0.25) is 5.02 Å². The molecule has 94 valence electrons. The summed E-state index contributed by atoms with van der Waals surface area (Å²) >= 11 is 6.14. The number of hydrogen-bond donors (Lipinski definition) is 2. The fraction of sp³-hybridized carbons (Fsp3) is 0.583. The van der Waals surface area contributed by atoms with E-state index in [1.807, 2.05) is 6.92 Å². The van der Waals surface area contributed by atoms with Crippen LogP contribution < -0.4 is 10.6 Å². The van der Waals surface area contributed by atoms with Crippen molar-refractivity contribution in [2.45, 2.75) is 31.8 Å². The highest BCUT2D eigenvalue weighted by atomic mass is 35.5. The number of pyridine rings is 1. The first kappa shape index (κ1) is 12.5. The highest BCUT2D eigenvalue weighted by Crippen LogP contribution is 2.29. The van der Waals surface area contributed by atoms with E-state index < -0.39 is 5.60 Å². The van der Waals surface area contributed by atoms with E-state index in [0.29, 0.717) is 10.7 Å². The Balaban J connectivity index is 2.17. The molecule has 0 aliphatic carbocycles. The third-order valence-corrected chi connectivity index (χ3v) is 3.48. The largest absolute Gasteiger partial charge is 0.397 e. The van der Waals surface area contributed by atoms with Gasteiger partial charge in [0.15, 0.2) is 0 Å². The van der Waals surface area contributed by atoms with Gasteiger partial charge in [0, 0.05) is 13.1 Å². The smallest absolute Gasteiger partial charge is 0.147 e. The molecule has 1 saturated heterocycles. The Bertz CT molecular complexity index is 409. The SMILES string of the molecule is CC1(O)CCCN(c2ncc(N)cc2Cl)CC1. The van der Waals surface area contributed by atoms with Crippen molar-refractivity contribution in [3.05, 3.63) is 17.3 Å². The van der Waals surface area contributed by atoms with Crippen LogP contribution in [0.5, 0.6) is 0 Å². The first-order valence-electron chi connectivity index (χ1n) is 5.86. The van der Waals surface area contributed by atoms with Gasteiger partial charge in [-0.2, -0.15) is 0 Å². The third kappa shape index (κ3) is 3.01. The van der Waals surface area contributed by atoms with Crippen LogP contribution in [0.1, 0.15) is 26.2 Å². The molecular weight excluding hydrogens is 238 g/mol. The van der Waals surface area contributed by atoms with E-state index in [0.717, 1.165) is 38.2 Å². The maximum Gasteiger partial charge on any atom is 0.147 e. The van der Waals surface area contributed by atoms with Gasteiger partial charge in [-0.25, -0.2) is 4.98 Å². The van der Waals surface area contributed by atoms with Crippen molar-refractivity contribution in [2.24, 2.45) is 0 Å². The predicted octanol–water partition coefficient (Wildman–Crippen LogP) is 2.06. The summed E-state index contributed by atoms with van der Waals surface area (Å²) < 4.78 is 0. The number of aromatic nitrogens is 1. The molecule has 1 aromatic rings. The number of anilines is 2. The Morgan fingerprint density at radius 3 is 2.94 bits per heavy atom. The molecule has 0 bridgehead atoms. The molecule has 1 atom stereocenters. The lowest BCUT2D eigenvalue weighted by Gasteiger charge is -2.24. The van der Waals surface area contributed by atoms with Crippen molar-refractivity contribution < 1.29 is 5.11 Å². The normalized spacial score (nSPS) is 25.7. The minimum atomic E-state index is -0.574. The first-order valence-corrected chi connectivity index (χ1v) is 6.24. The standard InChI is InChI=1S/C12H18ClN3O/c1-12(17)3-2-5-16(6-4-12)11-10(13)7-9(14)8-15-11/h7-8,17H,2-6,14H2,1H3. The Hall–Kier alpha value is -1.00. The Morgan fingerprint density at radius 2 is 2.24 bits per heavy atom. The molecule has 1 aliphatic rings. The monoisotopic (exact) mass is 255 g/mol. The quantitative estimate of drug-likeness (QED) is 0.806. The molecule has 0 saturated carbocycles. The van der Waals surface area contributed by atoms with E-state index >= 15 is 0 Å². The van der Waals surface area contributed by atoms with E-state index in [9.17, 15) is 5.11 Å². The molecule has 0 amide bonds. The summed E-state index contributed by atoms with van der Waals surface area (Å²) in [5.41, 5.74) is 5.62. The predicted molar refractivity (Wildman–Crippen MR) is 70.3 cm³/mol. The average molecular weight is 256 g/mol. The van der Waals surface area contributed by atoms with Crippen LogP contribution in [-0.2, 0) is 0 Å². The maximum absolute atomic E-state index is 10.0. The van der Waals surface area contributed by atoms with Crippen molar-refractivity contribution in [1.82, 2.24) is 4.98 Å². The molecule has 3 N–H and O–H groups in total. The number of nitrogens with two attached hydrogens (primary N) is 1. The summed E-state index contributed by atoms with van der Waals surface area (Å²) in [5, 5.41) is 10.6. The van der Waals surface area contributed by atoms with Gasteiger partial charge in [0.05, 0.1) is 22.5 Å². The second-order valence-corrected chi connectivity index (χ2v) is 5.32. The molecule has 1 aromatic heterocycles. The summed E-state index contributed by atoms with van der Waals surface area (Å²) in [5.74, 6) is 0.763. The Labute approximate surface area is 106 Å². The van der Waals surface area contributed by atoms with Crippen LogP contribution in [0.15, 0.2) is 12.3 Å². The van der Waals surface area contributed by atoms with E-state index in [1.165, 1.54) is 0 Å². The highest BCUT2D eigenvalue weighted by molar-refractivity contribution is 6.33. The lowest BCUT2D eigenvalue weighted by Crippen LogP contribution is -2.29. The first-order chi connectivity index (χ1) is 7.98. The lowest BCUT2D eigenvalue weighted by molar-refractivity contribution is 0.0481. The molecule has 0 spiro atoms. The van der Waals surface area contributed by atoms with Crippen molar-refractivity contribution in [1.29, 1.82) is 0 Å². The van der Waals surface area contributed by atoms with Gasteiger partial charge < -0.3 is 15.7 Å². The van der Waals surface area contributed by atoms with E-state index in [-0.39, 0.29) is 0 Å². The van der Waals surface area contributed by atoms with Gasteiger partial charge in [-0.1, -0.05) is 11.6 Å². The van der Waals surface area contributed by atoms with Gasteiger partial charge in [-0.3, -0.25) is 0 Å². The minimum Gasteiger partial charge on any atom is -0.397 e. The van der Waals surface area contributed by atoms with Crippen LogP contribution >= 0.6 is 11.6 Å². The molecule has 1 unspecified atom stereocenters. The van der Waals surface area contributed by atoms with Crippen LogP contribution in [0, 0.1) is 0 Å². The molecule has 0 radical (unpaired) electrons. The zero-order chi connectivity index (χ0) is 12.5. The van der Waals surface area contributed by atoms with E-state index in [4.69, 9.17) is 17.3 Å².